The first-order valence-electron chi connectivity index (χ1n) is 8.08. The lowest BCUT2D eigenvalue weighted by molar-refractivity contribution is -0.0622. The first kappa shape index (κ1) is 15.3. The molecular weight excluding hydrogens is 238 g/mol. The second-order valence-electron chi connectivity index (χ2n) is 7.08. The van der Waals surface area contributed by atoms with Crippen LogP contribution in [0.15, 0.2) is 0 Å². The fourth-order valence-electron chi connectivity index (χ4n) is 3.72. The summed E-state index contributed by atoms with van der Waals surface area (Å²) in [5.41, 5.74) is -0.00424. The average Bonchev–Trinajstić information content (AvgIpc) is 2.92. The number of hydrogen-bond acceptors (Lipinski definition) is 3. The summed E-state index contributed by atoms with van der Waals surface area (Å²) in [6, 6.07) is 0.743. The molecule has 1 unspecified atom stereocenters. The van der Waals surface area contributed by atoms with Crippen LogP contribution in [-0.4, -0.2) is 49.0 Å². The van der Waals surface area contributed by atoms with Gasteiger partial charge in [0.25, 0.3) is 0 Å². The summed E-state index contributed by atoms with van der Waals surface area (Å²) in [7, 11) is 0. The van der Waals surface area contributed by atoms with Gasteiger partial charge in [0, 0.05) is 31.2 Å². The fraction of sp³-hybridized carbons (Fsp3) is 1.00. The van der Waals surface area contributed by atoms with E-state index in [-0.39, 0.29) is 12.0 Å². The molecule has 1 saturated carbocycles. The van der Waals surface area contributed by atoms with Crippen LogP contribution in [0.25, 0.3) is 0 Å². The van der Waals surface area contributed by atoms with Crippen LogP contribution in [0.2, 0.25) is 0 Å². The van der Waals surface area contributed by atoms with Gasteiger partial charge >= 0.3 is 0 Å². The van der Waals surface area contributed by atoms with Gasteiger partial charge in [-0.25, -0.2) is 0 Å². The molecular formula is C16H31NO2. The zero-order chi connectivity index (χ0) is 13.7. The van der Waals surface area contributed by atoms with Crippen molar-refractivity contribution in [2.24, 2.45) is 11.3 Å². The van der Waals surface area contributed by atoms with Gasteiger partial charge in [0.15, 0.2) is 0 Å². The zero-order valence-corrected chi connectivity index (χ0v) is 12.7. The van der Waals surface area contributed by atoms with Crippen LogP contribution in [0.1, 0.15) is 52.4 Å². The number of nitrogens with zero attached hydrogens (tertiary/aromatic N) is 1. The number of rotatable bonds is 6. The van der Waals surface area contributed by atoms with Gasteiger partial charge in [-0.15, -0.1) is 0 Å². The Kier molecular flexibility index (Phi) is 5.67. The van der Waals surface area contributed by atoms with Gasteiger partial charge in [0.2, 0.25) is 0 Å². The predicted molar refractivity (Wildman–Crippen MR) is 78.2 cm³/mol. The molecule has 0 aromatic rings. The number of aliphatic hydroxyl groups is 1. The van der Waals surface area contributed by atoms with Crippen molar-refractivity contribution in [1.82, 2.24) is 4.90 Å². The van der Waals surface area contributed by atoms with Crippen molar-refractivity contribution in [2.45, 2.75) is 58.4 Å². The maximum atomic E-state index is 9.86. The van der Waals surface area contributed by atoms with E-state index >= 15 is 0 Å². The van der Waals surface area contributed by atoms with Crippen molar-refractivity contribution in [2.75, 3.05) is 32.9 Å². The Balaban J connectivity index is 2.00. The third-order valence-electron chi connectivity index (χ3n) is 4.72. The summed E-state index contributed by atoms with van der Waals surface area (Å²) >= 11 is 0. The molecule has 0 radical (unpaired) electrons. The Morgan fingerprint density at radius 3 is 2.53 bits per heavy atom. The minimum absolute atomic E-state index is 0.00424. The highest BCUT2D eigenvalue weighted by atomic mass is 16.5. The topological polar surface area (TPSA) is 32.7 Å². The summed E-state index contributed by atoms with van der Waals surface area (Å²) in [5, 5.41) is 9.86. The van der Waals surface area contributed by atoms with Gasteiger partial charge in [-0.2, -0.15) is 0 Å². The standard InChI is InChI=1S/C16H31NO2/c1-14(2)10-17(15-6-3-4-7-15)11-16(12-18)8-5-9-19-13-16/h14-15,18H,3-13H2,1-2H3. The molecule has 2 rings (SSSR count). The summed E-state index contributed by atoms with van der Waals surface area (Å²) in [6.07, 6.45) is 7.65. The highest BCUT2D eigenvalue weighted by molar-refractivity contribution is 4.88. The van der Waals surface area contributed by atoms with Gasteiger partial charge in [-0.3, -0.25) is 4.90 Å². The van der Waals surface area contributed by atoms with E-state index in [9.17, 15) is 5.11 Å². The lowest BCUT2D eigenvalue weighted by Gasteiger charge is -2.42. The predicted octanol–water partition coefficient (Wildman–Crippen LogP) is 2.68. The second kappa shape index (κ2) is 7.05. The van der Waals surface area contributed by atoms with E-state index in [0.717, 1.165) is 45.2 Å². The van der Waals surface area contributed by atoms with Crippen molar-refractivity contribution >= 4 is 0 Å². The van der Waals surface area contributed by atoms with Crippen LogP contribution in [0.3, 0.4) is 0 Å². The monoisotopic (exact) mass is 269 g/mol. The van der Waals surface area contributed by atoms with E-state index in [1.54, 1.807) is 0 Å². The van der Waals surface area contributed by atoms with E-state index in [0.29, 0.717) is 5.92 Å². The van der Waals surface area contributed by atoms with Crippen LogP contribution >= 0.6 is 0 Å². The van der Waals surface area contributed by atoms with E-state index < -0.39 is 0 Å². The molecule has 1 saturated heterocycles. The Bertz CT molecular complexity index is 255. The van der Waals surface area contributed by atoms with Crippen LogP contribution in [0.4, 0.5) is 0 Å². The molecule has 0 spiro atoms. The minimum atomic E-state index is -0.00424. The maximum Gasteiger partial charge on any atom is 0.0556 e. The molecule has 0 aromatic carbocycles. The van der Waals surface area contributed by atoms with E-state index in [4.69, 9.17) is 4.74 Å². The van der Waals surface area contributed by atoms with Crippen LogP contribution in [0.5, 0.6) is 0 Å². The molecule has 3 heteroatoms. The lowest BCUT2D eigenvalue weighted by Crippen LogP contribution is -2.49. The van der Waals surface area contributed by atoms with Crippen LogP contribution < -0.4 is 0 Å². The molecule has 112 valence electrons. The average molecular weight is 269 g/mol. The second-order valence-corrected chi connectivity index (χ2v) is 7.08. The third-order valence-corrected chi connectivity index (χ3v) is 4.72. The SMILES string of the molecule is CC(C)CN(CC1(CO)CCCOC1)C1CCCC1. The molecule has 3 nitrogen and oxygen atoms in total. The molecule has 1 atom stereocenters. The number of ether oxygens (including phenoxy) is 1. The smallest absolute Gasteiger partial charge is 0.0556 e. The van der Waals surface area contributed by atoms with Gasteiger partial charge < -0.3 is 9.84 Å². The minimum Gasteiger partial charge on any atom is -0.396 e. The number of hydrogen-bond donors (Lipinski definition) is 1. The maximum absolute atomic E-state index is 9.86. The number of aliphatic hydroxyl groups excluding tert-OH is 1. The Morgan fingerprint density at radius 2 is 2.00 bits per heavy atom. The normalized spacial score (nSPS) is 29.5. The molecule has 0 bridgehead atoms. The summed E-state index contributed by atoms with van der Waals surface area (Å²) < 4.78 is 5.66. The van der Waals surface area contributed by atoms with Crippen LogP contribution in [-0.2, 0) is 4.74 Å². The first-order valence-corrected chi connectivity index (χ1v) is 8.08. The van der Waals surface area contributed by atoms with Crippen molar-refractivity contribution in [3.05, 3.63) is 0 Å². The molecule has 2 aliphatic rings. The van der Waals surface area contributed by atoms with E-state index in [1.165, 1.54) is 25.7 Å². The van der Waals surface area contributed by atoms with Gasteiger partial charge in [-0.1, -0.05) is 26.7 Å². The lowest BCUT2D eigenvalue weighted by atomic mass is 9.82. The molecule has 1 aliphatic heterocycles. The molecule has 2 fully saturated rings. The first-order chi connectivity index (χ1) is 9.15. The molecule has 1 heterocycles. The summed E-state index contributed by atoms with van der Waals surface area (Å²) in [4.78, 5) is 2.66. The summed E-state index contributed by atoms with van der Waals surface area (Å²) in [6.45, 7) is 8.66. The highest BCUT2D eigenvalue weighted by Gasteiger charge is 2.36. The van der Waals surface area contributed by atoms with Crippen molar-refractivity contribution < 1.29 is 9.84 Å². The Morgan fingerprint density at radius 1 is 1.26 bits per heavy atom. The highest BCUT2D eigenvalue weighted by Crippen LogP contribution is 2.33. The molecule has 0 amide bonds. The van der Waals surface area contributed by atoms with E-state index in [2.05, 4.69) is 18.7 Å². The molecule has 1 aliphatic carbocycles. The molecule has 19 heavy (non-hydrogen) atoms. The van der Waals surface area contributed by atoms with Crippen LogP contribution in [0, 0.1) is 11.3 Å². The molecule has 1 N–H and O–H groups in total. The van der Waals surface area contributed by atoms with Crippen molar-refractivity contribution in [3.8, 4) is 0 Å². The fourth-order valence-corrected chi connectivity index (χ4v) is 3.72. The third kappa shape index (κ3) is 4.17. The Hall–Kier alpha value is -0.120. The molecule has 0 aromatic heterocycles. The zero-order valence-electron chi connectivity index (χ0n) is 12.7. The van der Waals surface area contributed by atoms with Crippen molar-refractivity contribution in [1.29, 1.82) is 0 Å². The quantitative estimate of drug-likeness (QED) is 0.804. The van der Waals surface area contributed by atoms with Gasteiger partial charge in [0.05, 0.1) is 13.2 Å². The van der Waals surface area contributed by atoms with Gasteiger partial charge in [-0.05, 0) is 31.6 Å². The largest absolute Gasteiger partial charge is 0.396 e. The Labute approximate surface area is 118 Å². The van der Waals surface area contributed by atoms with Gasteiger partial charge in [0.1, 0.15) is 0 Å². The summed E-state index contributed by atoms with van der Waals surface area (Å²) in [5.74, 6) is 0.695. The van der Waals surface area contributed by atoms with E-state index in [1.807, 2.05) is 0 Å². The van der Waals surface area contributed by atoms with Crippen molar-refractivity contribution in [3.63, 3.8) is 0 Å².